The zero-order valence-electron chi connectivity index (χ0n) is 13.9. The molecule has 0 aliphatic carbocycles. The van der Waals surface area contributed by atoms with E-state index in [1.165, 1.54) is 0 Å². The second-order valence-electron chi connectivity index (χ2n) is 5.38. The van der Waals surface area contributed by atoms with E-state index < -0.39 is 23.7 Å². The Balaban J connectivity index is 2.45. The summed E-state index contributed by atoms with van der Waals surface area (Å²) >= 11 is 1.04. The Kier molecular flexibility index (Phi) is 6.21. The van der Waals surface area contributed by atoms with Crippen LogP contribution in [0.15, 0.2) is 34.9 Å². The minimum absolute atomic E-state index is 0.0215. The van der Waals surface area contributed by atoms with Gasteiger partial charge >= 0.3 is 5.97 Å². The molecule has 1 N–H and O–H groups in total. The molecule has 7 heteroatoms. The Morgan fingerprint density at radius 1 is 1.36 bits per heavy atom. The van der Waals surface area contributed by atoms with Crippen molar-refractivity contribution in [2.45, 2.75) is 19.8 Å². The van der Waals surface area contributed by atoms with E-state index in [0.29, 0.717) is 5.03 Å². The number of nitriles is 2. The van der Waals surface area contributed by atoms with E-state index in [4.69, 9.17) is 4.74 Å². The molecule has 0 bridgehead atoms. The number of esters is 1. The molecule has 0 radical (unpaired) electrons. The molecule has 6 nitrogen and oxygen atoms in total. The van der Waals surface area contributed by atoms with E-state index in [1.54, 1.807) is 6.92 Å². The molecule has 1 heterocycles. The standard InChI is InChI=1S/C18H17N3O3S/c1-3-24-15(22)10-25-18-14(9-20)16(13(8-19)17(23)21-18)12-7-5-4-6-11(12)2/h4-7,13,16H,3,10H2,1-2H3,(H,21,23)/t13-,16-/m0/s1. The van der Waals surface area contributed by atoms with Crippen LogP contribution in [-0.4, -0.2) is 24.2 Å². The zero-order valence-corrected chi connectivity index (χ0v) is 14.7. The molecule has 2 rings (SSSR count). The van der Waals surface area contributed by atoms with E-state index >= 15 is 0 Å². The van der Waals surface area contributed by atoms with Gasteiger partial charge in [-0.3, -0.25) is 9.59 Å². The lowest BCUT2D eigenvalue weighted by Crippen LogP contribution is -2.39. The monoisotopic (exact) mass is 355 g/mol. The van der Waals surface area contributed by atoms with Gasteiger partial charge in [0.2, 0.25) is 5.91 Å². The minimum Gasteiger partial charge on any atom is -0.465 e. The predicted octanol–water partition coefficient (Wildman–Crippen LogP) is 2.38. The highest BCUT2D eigenvalue weighted by molar-refractivity contribution is 8.03. The molecule has 2 atom stereocenters. The first-order chi connectivity index (χ1) is 12.0. The first kappa shape index (κ1) is 18.6. The maximum absolute atomic E-state index is 12.4. The van der Waals surface area contributed by atoms with E-state index in [2.05, 4.69) is 11.4 Å². The first-order valence-corrected chi connectivity index (χ1v) is 8.70. The highest BCUT2D eigenvalue weighted by Crippen LogP contribution is 2.40. The van der Waals surface area contributed by atoms with Gasteiger partial charge in [0.1, 0.15) is 5.92 Å². The van der Waals surface area contributed by atoms with E-state index in [1.807, 2.05) is 37.3 Å². The lowest BCUT2D eigenvalue weighted by Gasteiger charge is -2.29. The average Bonchev–Trinajstić information content (AvgIpc) is 2.60. The van der Waals surface area contributed by atoms with Gasteiger partial charge in [0.25, 0.3) is 0 Å². The SMILES string of the molecule is CCOC(=O)CSC1=C(C#N)[C@@H](c2ccccc2C)[C@H](C#N)C(=O)N1. The van der Waals surface area contributed by atoms with Gasteiger partial charge in [-0.2, -0.15) is 10.5 Å². The Morgan fingerprint density at radius 2 is 2.08 bits per heavy atom. The molecule has 128 valence electrons. The number of nitrogens with one attached hydrogen (secondary N) is 1. The van der Waals surface area contributed by atoms with Crippen molar-refractivity contribution in [1.29, 1.82) is 10.5 Å². The second-order valence-corrected chi connectivity index (χ2v) is 6.36. The number of ether oxygens (including phenoxy) is 1. The summed E-state index contributed by atoms with van der Waals surface area (Å²) in [6.45, 7) is 3.84. The smallest absolute Gasteiger partial charge is 0.316 e. The van der Waals surface area contributed by atoms with Crippen molar-refractivity contribution >= 4 is 23.6 Å². The number of nitrogens with zero attached hydrogens (tertiary/aromatic N) is 2. The Morgan fingerprint density at radius 3 is 2.68 bits per heavy atom. The number of amides is 1. The van der Waals surface area contributed by atoms with Crippen LogP contribution < -0.4 is 5.32 Å². The summed E-state index contributed by atoms with van der Waals surface area (Å²) in [5.41, 5.74) is 1.94. The molecule has 25 heavy (non-hydrogen) atoms. The fourth-order valence-corrected chi connectivity index (χ4v) is 3.53. The largest absolute Gasteiger partial charge is 0.465 e. The van der Waals surface area contributed by atoms with Crippen LogP contribution in [0.2, 0.25) is 0 Å². The molecule has 1 aromatic rings. The topological polar surface area (TPSA) is 103 Å². The van der Waals surface area contributed by atoms with Crippen molar-refractivity contribution in [1.82, 2.24) is 5.32 Å². The third kappa shape index (κ3) is 4.01. The fraction of sp³-hybridized carbons (Fsp3) is 0.333. The lowest BCUT2D eigenvalue weighted by atomic mass is 9.78. The number of hydrogen-bond acceptors (Lipinski definition) is 6. The molecule has 1 aliphatic heterocycles. The molecule has 1 amide bonds. The summed E-state index contributed by atoms with van der Waals surface area (Å²) in [7, 11) is 0. The molecule has 0 fully saturated rings. The second kappa shape index (κ2) is 8.36. The summed E-state index contributed by atoms with van der Waals surface area (Å²) in [5.74, 6) is -2.58. The number of allylic oxidation sites excluding steroid dienone is 1. The van der Waals surface area contributed by atoms with Crippen LogP contribution in [0.25, 0.3) is 0 Å². The quantitative estimate of drug-likeness (QED) is 0.814. The van der Waals surface area contributed by atoms with Crippen LogP contribution >= 0.6 is 11.8 Å². The van der Waals surface area contributed by atoms with Crippen molar-refractivity contribution in [2.24, 2.45) is 5.92 Å². The maximum Gasteiger partial charge on any atom is 0.316 e. The molecule has 0 aromatic heterocycles. The van der Waals surface area contributed by atoms with Gasteiger partial charge in [-0.05, 0) is 25.0 Å². The number of thioether (sulfide) groups is 1. The van der Waals surface area contributed by atoms with Crippen LogP contribution in [0.1, 0.15) is 24.0 Å². The number of rotatable bonds is 5. The summed E-state index contributed by atoms with van der Waals surface area (Å²) in [4.78, 5) is 23.9. The van der Waals surface area contributed by atoms with E-state index in [0.717, 1.165) is 22.9 Å². The van der Waals surface area contributed by atoms with Crippen molar-refractivity contribution < 1.29 is 14.3 Å². The Bertz CT molecular complexity index is 805. The van der Waals surface area contributed by atoms with Crippen molar-refractivity contribution in [3.63, 3.8) is 0 Å². The summed E-state index contributed by atoms with van der Waals surface area (Å²) in [6, 6.07) is 11.5. The molecule has 0 spiro atoms. The van der Waals surface area contributed by atoms with E-state index in [-0.39, 0.29) is 17.9 Å². The Labute approximate surface area is 150 Å². The summed E-state index contributed by atoms with van der Waals surface area (Å²) < 4.78 is 4.87. The van der Waals surface area contributed by atoms with Crippen molar-refractivity contribution in [3.05, 3.63) is 46.0 Å². The molecule has 1 aromatic carbocycles. The maximum atomic E-state index is 12.4. The average molecular weight is 355 g/mol. The molecule has 0 saturated heterocycles. The number of aryl methyl sites for hydroxylation is 1. The number of carbonyl (C=O) groups is 2. The lowest BCUT2D eigenvalue weighted by molar-refractivity contribution is -0.139. The molecule has 1 aliphatic rings. The van der Waals surface area contributed by atoms with Gasteiger partial charge in [-0.15, -0.1) is 0 Å². The number of hydrogen-bond donors (Lipinski definition) is 1. The molecular formula is C18H17N3O3S. The van der Waals surface area contributed by atoms with Crippen molar-refractivity contribution in [2.75, 3.05) is 12.4 Å². The molecular weight excluding hydrogens is 338 g/mol. The highest BCUT2D eigenvalue weighted by atomic mass is 32.2. The van der Waals surface area contributed by atoms with Gasteiger partial charge in [0, 0.05) is 5.92 Å². The third-order valence-electron chi connectivity index (χ3n) is 3.83. The normalized spacial score (nSPS) is 19.6. The third-order valence-corrected chi connectivity index (χ3v) is 4.82. The number of carbonyl (C=O) groups excluding carboxylic acids is 2. The first-order valence-electron chi connectivity index (χ1n) is 7.72. The minimum atomic E-state index is -0.998. The summed E-state index contributed by atoms with van der Waals surface area (Å²) in [5, 5.41) is 22.0. The van der Waals surface area contributed by atoms with Crippen LogP contribution in [0.5, 0.6) is 0 Å². The van der Waals surface area contributed by atoms with Crippen LogP contribution in [-0.2, 0) is 14.3 Å². The fourth-order valence-electron chi connectivity index (χ4n) is 2.69. The molecule has 0 saturated carbocycles. The van der Waals surface area contributed by atoms with Crippen molar-refractivity contribution in [3.8, 4) is 12.1 Å². The van der Waals surface area contributed by atoms with E-state index in [9.17, 15) is 20.1 Å². The van der Waals surface area contributed by atoms with Gasteiger partial charge in [0.05, 0.1) is 35.1 Å². The van der Waals surface area contributed by atoms with Gasteiger partial charge in [0.15, 0.2) is 0 Å². The van der Waals surface area contributed by atoms with Gasteiger partial charge in [-0.25, -0.2) is 0 Å². The number of benzene rings is 1. The van der Waals surface area contributed by atoms with Crippen LogP contribution in [0.4, 0.5) is 0 Å². The molecule has 0 unspecified atom stereocenters. The predicted molar refractivity (Wildman–Crippen MR) is 92.9 cm³/mol. The van der Waals surface area contributed by atoms with Gasteiger partial charge < -0.3 is 10.1 Å². The Hall–Kier alpha value is -2.77. The summed E-state index contributed by atoms with van der Waals surface area (Å²) in [6.07, 6.45) is 0. The van der Waals surface area contributed by atoms with Crippen LogP contribution in [0, 0.1) is 35.5 Å². The van der Waals surface area contributed by atoms with Gasteiger partial charge in [-0.1, -0.05) is 36.0 Å². The van der Waals surface area contributed by atoms with Crippen LogP contribution in [0.3, 0.4) is 0 Å². The highest BCUT2D eigenvalue weighted by Gasteiger charge is 2.40. The zero-order chi connectivity index (χ0) is 18.4.